The second kappa shape index (κ2) is 35.8. The van der Waals surface area contributed by atoms with Crippen molar-refractivity contribution >= 4 is 96.6 Å². The number of carbonyl (C=O) groups excluding carboxylic acids is 2. The Hall–Kier alpha value is -9.17. The molecular formula is C76H71ClMgN6O7S3. The third kappa shape index (κ3) is 20.4. The summed E-state index contributed by atoms with van der Waals surface area (Å²) in [4.78, 5) is 58.4. The van der Waals surface area contributed by atoms with E-state index in [4.69, 9.17) is 20.6 Å². The van der Waals surface area contributed by atoms with Gasteiger partial charge in [0.1, 0.15) is 22.2 Å². The van der Waals surface area contributed by atoms with Crippen molar-refractivity contribution in [2.24, 2.45) is 5.73 Å². The van der Waals surface area contributed by atoms with E-state index in [0.29, 0.717) is 29.0 Å². The van der Waals surface area contributed by atoms with Crippen LogP contribution in [0.5, 0.6) is 11.5 Å². The number of methoxy groups -OCH3 is 1. The standard InChI is InChI=1S/C29H26N2O2S.C18H18N2S.C12H11NO2S.C10H9NO3.C7H7.ClH.Mg/c1-19-31-28(21-10-6-3-7-11-21)29(34-19)22(14-20-8-4-2-5-9-20)15-25(33)16-23-18-30-27-13-12-24(32)17-26(23)27;1-13-20-17(15-10-6-3-7-11-15)18(21-13)16(19)12-14-8-4-2-5-9-14;1-8-13-10(9-6-4-3-5-7-9)11(16-8)12(14)15-2;12-7-1-2-9-8(4-7)6(5-11-9)3-10(13)14;1-7-5-3-2-4-6-7;;/h2-13,17-18,22,30,32H,14-16H2,1H3;2-11,16H,12,19H2,1H3;3-7H,1-2H3;1-2,4-5,11-12H,3H2,(H,13,14);2-6H,1H2;1H;/q;;;;-1;;+2/p-1. The van der Waals surface area contributed by atoms with Crippen LogP contribution in [0.25, 0.3) is 55.6 Å². The van der Waals surface area contributed by atoms with E-state index in [2.05, 4.69) is 87.5 Å². The number of hydrogen-bond acceptors (Lipinski definition) is 13. The molecule has 94 heavy (non-hydrogen) atoms. The molecule has 18 heteroatoms. The van der Waals surface area contributed by atoms with Crippen molar-refractivity contribution in [1.29, 1.82) is 0 Å². The fraction of sp³-hybridized carbons (Fsp3) is 0.145. The molecule has 7 N–H and O–H groups in total. The number of nitrogens with zero attached hydrogens (tertiary/aromatic N) is 3. The third-order valence-corrected chi connectivity index (χ3v) is 17.8. The normalized spacial score (nSPS) is 11.1. The maximum Gasteiger partial charge on any atom is 2.00 e. The van der Waals surface area contributed by atoms with Gasteiger partial charge in [-0.25, -0.2) is 19.7 Å². The Morgan fingerprint density at radius 1 is 0.532 bits per heavy atom. The van der Waals surface area contributed by atoms with Crippen molar-refractivity contribution in [3.05, 3.63) is 295 Å². The third-order valence-electron chi connectivity index (χ3n) is 14.6. The van der Waals surface area contributed by atoms with Gasteiger partial charge >= 0.3 is 35.0 Å². The molecule has 0 amide bonds. The first-order chi connectivity index (χ1) is 44.6. The van der Waals surface area contributed by atoms with Gasteiger partial charge in [-0.3, -0.25) is 9.59 Å². The molecule has 0 saturated carbocycles. The molecule has 474 valence electrons. The maximum absolute atomic E-state index is 13.4. The molecule has 13 aromatic rings. The van der Waals surface area contributed by atoms with Crippen molar-refractivity contribution in [1.82, 2.24) is 24.9 Å². The smallest absolute Gasteiger partial charge is 1.00 e. The summed E-state index contributed by atoms with van der Waals surface area (Å²) in [6.45, 7) is 9.66. The summed E-state index contributed by atoms with van der Waals surface area (Å²) in [6.07, 6.45) is 5.86. The monoisotopic (exact) mass is 1330 g/mol. The van der Waals surface area contributed by atoms with Gasteiger partial charge in [0.25, 0.3) is 0 Å². The van der Waals surface area contributed by atoms with Crippen LogP contribution in [0.15, 0.2) is 231 Å². The molecule has 0 aliphatic heterocycles. The van der Waals surface area contributed by atoms with E-state index >= 15 is 0 Å². The maximum atomic E-state index is 13.4. The Balaban J connectivity index is 0.000000179. The average Bonchev–Trinajstić information content (AvgIpc) is 2.28. The van der Waals surface area contributed by atoms with Gasteiger partial charge in [-0.1, -0.05) is 158 Å². The van der Waals surface area contributed by atoms with Crippen LogP contribution in [0, 0.1) is 27.7 Å². The molecule has 5 heterocycles. The molecule has 13 nitrogen and oxygen atoms in total. The number of nitrogens with one attached hydrogen (secondary N) is 2. The number of rotatable bonds is 16. The van der Waals surface area contributed by atoms with Gasteiger partial charge < -0.3 is 48.2 Å². The Morgan fingerprint density at radius 3 is 1.37 bits per heavy atom. The number of carboxylic acid groups (broad SMARTS) is 1. The fourth-order valence-electron chi connectivity index (χ4n) is 10.4. The van der Waals surface area contributed by atoms with E-state index in [9.17, 15) is 24.6 Å². The van der Waals surface area contributed by atoms with Crippen LogP contribution in [-0.4, -0.2) is 88.1 Å². The summed E-state index contributed by atoms with van der Waals surface area (Å²) in [6, 6.07) is 70.8. The number of ketones is 1. The van der Waals surface area contributed by atoms with Crippen molar-refractivity contribution < 1.29 is 46.8 Å². The summed E-state index contributed by atoms with van der Waals surface area (Å²) < 4.78 is 4.74. The Labute approximate surface area is 582 Å². The number of ether oxygens (including phenoxy) is 1. The summed E-state index contributed by atoms with van der Waals surface area (Å²) in [5.74, 6) is -0.650. The van der Waals surface area contributed by atoms with Gasteiger partial charge in [-0.2, -0.15) is 24.6 Å². The molecule has 2 unspecified atom stereocenters. The number of H-pyrrole nitrogens is 2. The second-order valence-corrected chi connectivity index (χ2v) is 25.3. The van der Waals surface area contributed by atoms with Crippen LogP contribution in [0.3, 0.4) is 0 Å². The van der Waals surface area contributed by atoms with Crippen molar-refractivity contribution in [2.45, 2.75) is 64.8 Å². The van der Waals surface area contributed by atoms with E-state index in [1.54, 1.807) is 59.2 Å². The van der Waals surface area contributed by atoms with E-state index < -0.39 is 5.97 Å². The number of hydrogen-bond donors (Lipinski definition) is 6. The van der Waals surface area contributed by atoms with Gasteiger partial charge in [-0.15, -0.1) is 46.1 Å². The number of aliphatic carboxylic acids is 1. The first kappa shape index (κ1) is 72.3. The van der Waals surface area contributed by atoms with Gasteiger partial charge in [0.15, 0.2) is 0 Å². The van der Waals surface area contributed by atoms with E-state index in [1.807, 2.05) is 154 Å². The number of aromatic amines is 2. The molecule has 0 aliphatic carbocycles. The first-order valence-corrected chi connectivity index (χ1v) is 32.2. The fourth-order valence-corrected chi connectivity index (χ4v) is 13.3. The largest absolute Gasteiger partial charge is 2.00 e. The zero-order valence-electron chi connectivity index (χ0n) is 52.5. The van der Waals surface area contributed by atoms with Gasteiger partial charge in [0.2, 0.25) is 0 Å². The van der Waals surface area contributed by atoms with Crippen LogP contribution in [0.1, 0.15) is 80.6 Å². The van der Waals surface area contributed by atoms with Crippen LogP contribution in [-0.2, 0) is 40.0 Å². The number of carbonyl (C=O) groups is 3. The summed E-state index contributed by atoms with van der Waals surface area (Å²) >= 11 is 4.75. The second-order valence-electron chi connectivity index (χ2n) is 21.6. The molecule has 2 atom stereocenters. The topological polar surface area (TPSA) is 217 Å². The quantitative estimate of drug-likeness (QED) is 0.0304. The Morgan fingerprint density at radius 2 is 0.926 bits per heavy atom. The Kier molecular flexibility index (Phi) is 27.5. The number of nitrogens with two attached hydrogens (primary N) is 1. The molecule has 0 fully saturated rings. The predicted octanol–water partition coefficient (Wildman–Crippen LogP) is 14.1. The van der Waals surface area contributed by atoms with Crippen molar-refractivity contribution in [2.75, 3.05) is 7.11 Å². The van der Waals surface area contributed by atoms with Crippen LogP contribution < -0.4 is 18.1 Å². The summed E-state index contributed by atoms with van der Waals surface area (Å²) in [7, 11) is 1.38. The molecular weight excluding hydrogens is 1260 g/mol. The number of halogens is 1. The minimum absolute atomic E-state index is 0. The number of aromatic hydroxyl groups is 2. The number of esters is 1. The zero-order valence-corrected chi connectivity index (χ0v) is 57.2. The molecule has 5 aromatic heterocycles. The summed E-state index contributed by atoms with van der Waals surface area (Å²) in [5, 5.41) is 32.4. The van der Waals surface area contributed by atoms with E-state index in [0.717, 1.165) is 93.8 Å². The van der Waals surface area contributed by atoms with Crippen LogP contribution in [0.2, 0.25) is 0 Å². The molecule has 8 aromatic carbocycles. The van der Waals surface area contributed by atoms with Gasteiger partial charge in [0.05, 0.1) is 45.6 Å². The van der Waals surface area contributed by atoms with Gasteiger partial charge in [0, 0.05) is 85.4 Å². The number of phenolic OH excluding ortho intramolecular Hbond substituents is 2. The van der Waals surface area contributed by atoms with Crippen LogP contribution in [0.4, 0.5) is 0 Å². The number of thiazole rings is 3. The van der Waals surface area contributed by atoms with Crippen molar-refractivity contribution in [3.8, 4) is 45.3 Å². The Bertz CT molecular complexity index is 4490. The minimum Gasteiger partial charge on any atom is -1.00 e. The number of aromatic nitrogens is 5. The molecule has 0 aliphatic rings. The number of Topliss-reactive ketones (excluding diaryl/α,β-unsaturated/α-hetero) is 1. The van der Waals surface area contributed by atoms with E-state index in [-0.39, 0.29) is 77.1 Å². The van der Waals surface area contributed by atoms with E-state index in [1.165, 1.54) is 34.5 Å². The average molecular weight is 1340 g/mol. The first-order valence-electron chi connectivity index (χ1n) is 29.8. The summed E-state index contributed by atoms with van der Waals surface area (Å²) in [5.41, 5.74) is 19.2. The number of fused-ring (bicyclic) bond motifs is 2. The minimum atomic E-state index is -0.880. The number of phenols is 2. The SMILES string of the molecule is COC(=O)c1sc(C)nc1-c1ccccc1.Cc1nc(-c2ccccc2)c(C(CC(=O)Cc2c[nH]c3ccc(O)cc23)Cc2ccccc2)s1.Cc1nc(-c2ccccc2)c(C(N)Cc2ccccc2)s1.O=C(O)Cc1c[nH]c2ccc(O)cc12.[CH2-]c1ccccc1.[Cl-].[Mg+2]. The van der Waals surface area contributed by atoms with Crippen LogP contribution >= 0.6 is 34.0 Å². The molecule has 0 bridgehead atoms. The molecule has 0 radical (unpaired) electrons. The zero-order chi connectivity index (χ0) is 64.9. The predicted molar refractivity (Wildman–Crippen MR) is 379 cm³/mol. The number of carboxylic acids is 1. The molecule has 0 saturated heterocycles. The number of benzene rings is 8. The van der Waals surface area contributed by atoms with Crippen molar-refractivity contribution in [3.63, 3.8) is 0 Å². The van der Waals surface area contributed by atoms with Gasteiger partial charge in [-0.05, 0) is 92.3 Å². The molecule has 0 spiro atoms. The number of aryl methyl sites for hydroxylation is 3. The molecule has 13 rings (SSSR count).